The van der Waals surface area contributed by atoms with E-state index in [4.69, 9.17) is 4.74 Å². The van der Waals surface area contributed by atoms with Crippen molar-refractivity contribution in [2.45, 2.75) is 58.6 Å². The molecular weight excluding hydrogens is 424 g/mol. The van der Waals surface area contributed by atoms with E-state index in [0.717, 1.165) is 22.2 Å². The fourth-order valence-electron chi connectivity index (χ4n) is 4.54. The summed E-state index contributed by atoms with van der Waals surface area (Å²) in [5.74, 6) is -0.767. The minimum absolute atomic E-state index is 0.198. The van der Waals surface area contributed by atoms with Gasteiger partial charge in [0.2, 0.25) is 11.8 Å². The van der Waals surface area contributed by atoms with Gasteiger partial charge in [-0.25, -0.2) is 9.59 Å². The van der Waals surface area contributed by atoms with Crippen LogP contribution < -0.4 is 11.0 Å². The number of aryl methyl sites for hydroxylation is 2. The molecule has 0 spiro atoms. The lowest BCUT2D eigenvalue weighted by molar-refractivity contribution is -0.135. The van der Waals surface area contributed by atoms with Crippen LogP contribution in [0.15, 0.2) is 23.0 Å². The molecule has 3 heterocycles. The van der Waals surface area contributed by atoms with E-state index in [1.165, 1.54) is 4.57 Å². The number of carbonyl (C=O) groups excluding carboxylic acids is 3. The summed E-state index contributed by atoms with van der Waals surface area (Å²) in [5, 5.41) is 2.35. The molecule has 1 fully saturated rings. The fraction of sp³-hybridized carbons (Fsp3) is 0.500. The standard InChI is InChI=1S/C24H30N4O5/c1-14-12-16(15-8-10-27(11-9-15)23(32)33-24(2,3)4)20-18(13-14)28(22(31)26(20)5)17-6-7-19(29)25-21(17)30/h8,12-13,17H,6-7,9-11H2,1-5H3,(H,25,29,30). The van der Waals surface area contributed by atoms with Gasteiger partial charge in [-0.1, -0.05) is 6.08 Å². The van der Waals surface area contributed by atoms with Crippen molar-refractivity contribution in [3.8, 4) is 0 Å². The molecule has 176 valence electrons. The van der Waals surface area contributed by atoms with Crippen LogP contribution in [0.2, 0.25) is 0 Å². The van der Waals surface area contributed by atoms with Crippen molar-refractivity contribution >= 4 is 34.5 Å². The number of hydrogen-bond donors (Lipinski definition) is 1. The van der Waals surface area contributed by atoms with E-state index in [-0.39, 0.29) is 24.1 Å². The Kier molecular flexibility index (Phi) is 5.67. The van der Waals surface area contributed by atoms with Crippen molar-refractivity contribution in [2.75, 3.05) is 13.1 Å². The maximum atomic E-state index is 13.2. The van der Waals surface area contributed by atoms with Crippen LogP contribution >= 0.6 is 0 Å². The average molecular weight is 455 g/mol. The summed E-state index contributed by atoms with van der Waals surface area (Å²) in [7, 11) is 1.70. The number of aromatic nitrogens is 2. The molecule has 1 atom stereocenters. The Balaban J connectivity index is 1.73. The van der Waals surface area contributed by atoms with E-state index in [2.05, 4.69) is 5.32 Å². The molecule has 0 bridgehead atoms. The lowest BCUT2D eigenvalue weighted by atomic mass is 9.96. The van der Waals surface area contributed by atoms with Crippen molar-refractivity contribution in [1.29, 1.82) is 0 Å². The number of amides is 3. The summed E-state index contributed by atoms with van der Waals surface area (Å²) in [6, 6.07) is 3.21. The minimum Gasteiger partial charge on any atom is -0.444 e. The van der Waals surface area contributed by atoms with E-state index in [0.29, 0.717) is 31.4 Å². The normalized spacial score (nSPS) is 19.5. The third-order valence-electron chi connectivity index (χ3n) is 6.05. The summed E-state index contributed by atoms with van der Waals surface area (Å²) in [6.45, 7) is 8.40. The highest BCUT2D eigenvalue weighted by Crippen LogP contribution is 2.32. The van der Waals surface area contributed by atoms with E-state index in [1.54, 1.807) is 16.5 Å². The molecule has 1 N–H and O–H groups in total. The molecule has 0 saturated carbocycles. The quantitative estimate of drug-likeness (QED) is 0.703. The molecule has 2 aliphatic rings. The van der Waals surface area contributed by atoms with Gasteiger partial charge in [-0.3, -0.25) is 24.0 Å². The number of fused-ring (bicyclic) bond motifs is 1. The highest BCUT2D eigenvalue weighted by molar-refractivity contribution is 6.00. The second kappa shape index (κ2) is 8.20. The lowest BCUT2D eigenvalue weighted by Crippen LogP contribution is -2.44. The third kappa shape index (κ3) is 4.31. The molecule has 0 aliphatic carbocycles. The number of imidazole rings is 1. The van der Waals surface area contributed by atoms with Crippen molar-refractivity contribution in [2.24, 2.45) is 7.05 Å². The molecule has 4 rings (SSSR count). The molecule has 1 unspecified atom stereocenters. The zero-order valence-electron chi connectivity index (χ0n) is 19.7. The monoisotopic (exact) mass is 454 g/mol. The third-order valence-corrected chi connectivity index (χ3v) is 6.05. The van der Waals surface area contributed by atoms with Gasteiger partial charge in [0.15, 0.2) is 0 Å². The predicted molar refractivity (Wildman–Crippen MR) is 124 cm³/mol. The van der Waals surface area contributed by atoms with Crippen LogP contribution in [0.25, 0.3) is 16.6 Å². The molecule has 1 aromatic heterocycles. The number of imide groups is 1. The summed E-state index contributed by atoms with van der Waals surface area (Å²) in [5.41, 5.74) is 3.48. The summed E-state index contributed by atoms with van der Waals surface area (Å²) < 4.78 is 8.55. The Hall–Kier alpha value is -3.36. The van der Waals surface area contributed by atoms with Crippen molar-refractivity contribution in [1.82, 2.24) is 19.4 Å². The molecule has 1 saturated heterocycles. The van der Waals surface area contributed by atoms with Crippen LogP contribution in [0.5, 0.6) is 0 Å². The minimum atomic E-state index is -0.725. The van der Waals surface area contributed by atoms with E-state index in [1.807, 2.05) is 45.9 Å². The van der Waals surface area contributed by atoms with Gasteiger partial charge < -0.3 is 9.64 Å². The number of nitrogens with one attached hydrogen (secondary N) is 1. The fourth-order valence-corrected chi connectivity index (χ4v) is 4.54. The first-order valence-corrected chi connectivity index (χ1v) is 11.2. The molecular formula is C24H30N4O5. The van der Waals surface area contributed by atoms with Crippen molar-refractivity contribution in [3.05, 3.63) is 39.8 Å². The van der Waals surface area contributed by atoms with Crippen LogP contribution in [-0.2, 0) is 21.4 Å². The Morgan fingerprint density at radius 2 is 1.88 bits per heavy atom. The number of carbonyl (C=O) groups is 3. The van der Waals surface area contributed by atoms with E-state index >= 15 is 0 Å². The number of benzene rings is 1. The first kappa shape index (κ1) is 22.8. The van der Waals surface area contributed by atoms with Gasteiger partial charge in [0, 0.05) is 32.1 Å². The van der Waals surface area contributed by atoms with Gasteiger partial charge in [0.25, 0.3) is 0 Å². The SMILES string of the molecule is Cc1cc(C2=CCN(C(=O)OC(C)(C)C)CC2)c2c(c1)n(C1CCC(=O)NC1=O)c(=O)n2C. The van der Waals surface area contributed by atoms with Gasteiger partial charge in [-0.15, -0.1) is 0 Å². The van der Waals surface area contributed by atoms with Crippen LogP contribution in [0.4, 0.5) is 4.79 Å². The van der Waals surface area contributed by atoms with Gasteiger partial charge in [-0.2, -0.15) is 0 Å². The number of ether oxygens (including phenoxy) is 1. The van der Waals surface area contributed by atoms with Crippen molar-refractivity contribution < 1.29 is 19.1 Å². The second-order valence-corrected chi connectivity index (χ2v) is 9.76. The molecule has 3 amide bonds. The molecule has 2 aliphatic heterocycles. The Morgan fingerprint density at radius 1 is 1.15 bits per heavy atom. The maximum absolute atomic E-state index is 13.2. The first-order valence-electron chi connectivity index (χ1n) is 11.2. The topological polar surface area (TPSA) is 103 Å². The lowest BCUT2D eigenvalue weighted by Gasteiger charge is -2.30. The van der Waals surface area contributed by atoms with Crippen LogP contribution in [-0.4, -0.2) is 50.6 Å². The largest absolute Gasteiger partial charge is 0.444 e. The zero-order chi connectivity index (χ0) is 24.1. The second-order valence-electron chi connectivity index (χ2n) is 9.76. The highest BCUT2D eigenvalue weighted by Gasteiger charge is 2.32. The van der Waals surface area contributed by atoms with Crippen molar-refractivity contribution in [3.63, 3.8) is 0 Å². The molecule has 9 heteroatoms. The van der Waals surface area contributed by atoms with E-state index in [9.17, 15) is 19.2 Å². The molecule has 9 nitrogen and oxygen atoms in total. The number of rotatable bonds is 2. The van der Waals surface area contributed by atoms with Crippen LogP contribution in [0, 0.1) is 6.92 Å². The first-order chi connectivity index (χ1) is 15.5. The number of hydrogen-bond acceptors (Lipinski definition) is 5. The van der Waals surface area contributed by atoms with E-state index < -0.39 is 17.6 Å². The predicted octanol–water partition coefficient (Wildman–Crippen LogP) is 2.65. The Labute approximate surface area is 192 Å². The number of nitrogens with zero attached hydrogens (tertiary/aromatic N) is 3. The Bertz CT molecular complexity index is 1240. The van der Waals surface area contributed by atoms with Gasteiger partial charge in [-0.05, 0) is 63.8 Å². The molecule has 2 aromatic rings. The average Bonchev–Trinajstić information content (AvgIpc) is 2.97. The van der Waals surface area contributed by atoms with Crippen LogP contribution in [0.1, 0.15) is 57.2 Å². The number of piperidine rings is 1. The molecule has 1 aromatic carbocycles. The molecule has 33 heavy (non-hydrogen) atoms. The summed E-state index contributed by atoms with van der Waals surface area (Å²) >= 11 is 0. The molecule has 0 radical (unpaired) electrons. The summed E-state index contributed by atoms with van der Waals surface area (Å²) in [4.78, 5) is 51.4. The maximum Gasteiger partial charge on any atom is 0.410 e. The zero-order valence-corrected chi connectivity index (χ0v) is 19.7. The van der Waals surface area contributed by atoms with Gasteiger partial charge in [0.1, 0.15) is 11.6 Å². The Morgan fingerprint density at radius 3 is 2.48 bits per heavy atom. The summed E-state index contributed by atoms with van der Waals surface area (Å²) in [6.07, 6.45) is 2.76. The smallest absolute Gasteiger partial charge is 0.410 e. The van der Waals surface area contributed by atoms with Crippen LogP contribution in [0.3, 0.4) is 0 Å². The van der Waals surface area contributed by atoms with Gasteiger partial charge in [0.05, 0.1) is 11.0 Å². The highest BCUT2D eigenvalue weighted by atomic mass is 16.6. The van der Waals surface area contributed by atoms with Gasteiger partial charge >= 0.3 is 11.8 Å².